The van der Waals surface area contributed by atoms with Gasteiger partial charge in [0.05, 0.1) is 30.6 Å². The minimum atomic E-state index is -0.398. The van der Waals surface area contributed by atoms with Crippen molar-refractivity contribution in [1.29, 1.82) is 0 Å². The maximum atomic E-state index is 12.7. The smallest absolute Gasteiger partial charge is 0.250 e. The van der Waals surface area contributed by atoms with Gasteiger partial charge in [-0.15, -0.1) is 11.3 Å². The van der Waals surface area contributed by atoms with E-state index in [-0.39, 0.29) is 12.2 Å². The monoisotopic (exact) mass is 417 g/mol. The Labute approximate surface area is 174 Å². The van der Waals surface area contributed by atoms with E-state index in [9.17, 15) is 9.59 Å². The maximum absolute atomic E-state index is 12.7. The summed E-state index contributed by atoms with van der Waals surface area (Å²) in [4.78, 5) is 26.9. The number of quaternary nitrogens is 1. The van der Waals surface area contributed by atoms with Crippen LogP contribution in [0.3, 0.4) is 0 Å². The van der Waals surface area contributed by atoms with Crippen LogP contribution in [-0.4, -0.2) is 36.3 Å². The average Bonchev–Trinajstić information content (AvgIpc) is 3.35. The first kappa shape index (κ1) is 19.6. The lowest BCUT2D eigenvalue weighted by Gasteiger charge is -2.38. The predicted molar refractivity (Wildman–Crippen MR) is 113 cm³/mol. The van der Waals surface area contributed by atoms with Crippen LogP contribution in [-0.2, 0) is 30.6 Å². The van der Waals surface area contributed by atoms with Crippen molar-refractivity contribution in [2.45, 2.75) is 38.6 Å². The zero-order chi connectivity index (χ0) is 19.9. The van der Waals surface area contributed by atoms with Gasteiger partial charge in [-0.1, -0.05) is 23.7 Å². The molecule has 4 nitrogen and oxygen atoms in total. The Morgan fingerprint density at radius 3 is 2.57 bits per heavy atom. The van der Waals surface area contributed by atoms with E-state index in [0.717, 1.165) is 45.9 Å². The quantitative estimate of drug-likeness (QED) is 0.697. The minimum Gasteiger partial charge on any atom is -0.366 e. The first-order valence-corrected chi connectivity index (χ1v) is 11.1. The minimum absolute atomic E-state index is 0.0960. The van der Waals surface area contributed by atoms with Gasteiger partial charge >= 0.3 is 0 Å². The van der Waals surface area contributed by atoms with Crippen molar-refractivity contribution in [1.82, 2.24) is 0 Å². The molecule has 1 atom stereocenters. The molecule has 0 saturated heterocycles. The number of nitrogens with zero attached hydrogens (tertiary/aromatic N) is 1. The standard InChI is InChI=1S/C22H25ClN2O2S/c1-25(12-15-2-3-15)9-8-18-20(13-25)28-19(21(18)22(24)27)11-17(26)10-14-4-6-16(23)7-5-14/h4-7,15H,2-3,8-13H2,1H3,(H-,24,27)/p+1. The third-order valence-electron chi connectivity index (χ3n) is 5.91. The molecule has 1 aromatic carbocycles. The van der Waals surface area contributed by atoms with Gasteiger partial charge in [-0.3, -0.25) is 9.59 Å². The summed E-state index contributed by atoms with van der Waals surface area (Å²) in [6.45, 7) is 3.20. The number of hydrogen-bond acceptors (Lipinski definition) is 3. The molecular weight excluding hydrogens is 392 g/mol. The summed E-state index contributed by atoms with van der Waals surface area (Å²) in [5.41, 5.74) is 8.37. The number of thiophene rings is 1. The van der Waals surface area contributed by atoms with E-state index in [4.69, 9.17) is 17.3 Å². The van der Waals surface area contributed by atoms with Gasteiger partial charge in [0.1, 0.15) is 12.3 Å². The van der Waals surface area contributed by atoms with E-state index in [2.05, 4.69) is 7.05 Å². The molecule has 2 heterocycles. The van der Waals surface area contributed by atoms with E-state index in [1.165, 1.54) is 24.3 Å². The number of likely N-dealkylation sites (N-methyl/N-ethyl adjacent to an activating group) is 1. The molecule has 148 valence electrons. The molecule has 0 radical (unpaired) electrons. The van der Waals surface area contributed by atoms with Gasteiger partial charge in [0, 0.05) is 35.1 Å². The van der Waals surface area contributed by atoms with Gasteiger partial charge in [-0.2, -0.15) is 0 Å². The van der Waals surface area contributed by atoms with Gasteiger partial charge in [0.15, 0.2) is 0 Å². The fourth-order valence-corrected chi connectivity index (χ4v) is 6.02. The maximum Gasteiger partial charge on any atom is 0.250 e. The molecule has 28 heavy (non-hydrogen) atoms. The molecule has 1 saturated carbocycles. The van der Waals surface area contributed by atoms with E-state index in [0.29, 0.717) is 17.0 Å². The van der Waals surface area contributed by atoms with Crippen LogP contribution in [0.15, 0.2) is 24.3 Å². The molecule has 2 aliphatic rings. The predicted octanol–water partition coefficient (Wildman–Crippen LogP) is 3.77. The molecule has 2 N–H and O–H groups in total. The normalized spacial score (nSPS) is 21.4. The number of primary amides is 1. The molecule has 1 aliphatic carbocycles. The number of amides is 1. The van der Waals surface area contributed by atoms with Crippen molar-refractivity contribution in [2.24, 2.45) is 11.7 Å². The summed E-state index contributed by atoms with van der Waals surface area (Å²) < 4.78 is 1.04. The molecule has 6 heteroatoms. The number of halogens is 1. The highest BCUT2D eigenvalue weighted by molar-refractivity contribution is 7.12. The highest BCUT2D eigenvalue weighted by Crippen LogP contribution is 2.39. The van der Waals surface area contributed by atoms with Crippen LogP contribution >= 0.6 is 22.9 Å². The first-order valence-electron chi connectivity index (χ1n) is 9.86. The van der Waals surface area contributed by atoms with Crippen LogP contribution in [0.4, 0.5) is 0 Å². The number of Topliss-reactive ketones (excluding diaryl/α,β-unsaturated/α-hetero) is 1. The van der Waals surface area contributed by atoms with E-state index in [1.54, 1.807) is 23.5 Å². The summed E-state index contributed by atoms with van der Waals surface area (Å²) in [6.07, 6.45) is 4.18. The lowest BCUT2D eigenvalue weighted by Crippen LogP contribution is -2.48. The summed E-state index contributed by atoms with van der Waals surface area (Å²) in [7, 11) is 2.32. The van der Waals surface area contributed by atoms with Gasteiger partial charge in [0.2, 0.25) is 5.91 Å². The fourth-order valence-electron chi connectivity index (χ4n) is 4.33. The van der Waals surface area contributed by atoms with Crippen LogP contribution in [0.1, 0.15) is 44.1 Å². The number of ketones is 1. The van der Waals surface area contributed by atoms with E-state index in [1.807, 2.05) is 12.1 Å². The number of carbonyl (C=O) groups excluding carboxylic acids is 2. The van der Waals surface area contributed by atoms with E-state index >= 15 is 0 Å². The summed E-state index contributed by atoms with van der Waals surface area (Å²) in [6, 6.07) is 7.33. The second-order valence-electron chi connectivity index (χ2n) is 8.56. The van der Waals surface area contributed by atoms with Gasteiger partial charge in [-0.05, 0) is 36.1 Å². The van der Waals surface area contributed by atoms with Gasteiger partial charge < -0.3 is 10.2 Å². The van der Waals surface area contributed by atoms with Crippen LogP contribution in [0.5, 0.6) is 0 Å². The third kappa shape index (κ3) is 4.32. The number of fused-ring (bicyclic) bond motifs is 1. The van der Waals surface area contributed by atoms with Crippen molar-refractivity contribution in [3.05, 3.63) is 55.7 Å². The Balaban J connectivity index is 1.53. The highest BCUT2D eigenvalue weighted by Gasteiger charge is 2.38. The number of hydrogen-bond donors (Lipinski definition) is 1. The average molecular weight is 418 g/mol. The van der Waals surface area contributed by atoms with Crippen molar-refractivity contribution in [3.63, 3.8) is 0 Å². The van der Waals surface area contributed by atoms with Crippen LogP contribution in [0.25, 0.3) is 0 Å². The molecule has 1 unspecified atom stereocenters. The zero-order valence-corrected chi connectivity index (χ0v) is 17.7. The Hall–Kier alpha value is -1.69. The van der Waals surface area contributed by atoms with Crippen molar-refractivity contribution in [3.8, 4) is 0 Å². The molecule has 0 spiro atoms. The second-order valence-corrected chi connectivity index (χ2v) is 10.2. The second kappa shape index (κ2) is 7.62. The van der Waals surface area contributed by atoms with Crippen molar-refractivity contribution < 1.29 is 14.1 Å². The fraction of sp³-hybridized carbons (Fsp3) is 0.455. The molecule has 4 rings (SSSR count). The molecule has 1 aromatic heterocycles. The first-order chi connectivity index (χ1) is 13.3. The Bertz CT molecular complexity index is 917. The molecule has 0 bridgehead atoms. The molecule has 1 fully saturated rings. The van der Waals surface area contributed by atoms with Crippen LogP contribution in [0, 0.1) is 5.92 Å². The largest absolute Gasteiger partial charge is 0.366 e. The van der Waals surface area contributed by atoms with Crippen LogP contribution in [0.2, 0.25) is 5.02 Å². The zero-order valence-electron chi connectivity index (χ0n) is 16.2. The Kier molecular flexibility index (Phi) is 5.34. The van der Waals surface area contributed by atoms with Gasteiger partial charge in [0.25, 0.3) is 0 Å². The Morgan fingerprint density at radius 2 is 1.93 bits per heavy atom. The summed E-state index contributed by atoms with van der Waals surface area (Å²) in [5, 5.41) is 0.658. The number of nitrogens with two attached hydrogens (primary N) is 1. The van der Waals surface area contributed by atoms with Gasteiger partial charge in [-0.25, -0.2) is 0 Å². The molecule has 1 aliphatic heterocycles. The molecule has 2 aromatic rings. The van der Waals surface area contributed by atoms with Crippen LogP contribution < -0.4 is 5.73 Å². The highest BCUT2D eigenvalue weighted by atomic mass is 35.5. The number of benzene rings is 1. The molecule has 1 amide bonds. The summed E-state index contributed by atoms with van der Waals surface area (Å²) >= 11 is 7.54. The third-order valence-corrected chi connectivity index (χ3v) is 7.37. The Morgan fingerprint density at radius 1 is 1.21 bits per heavy atom. The lowest BCUT2D eigenvalue weighted by molar-refractivity contribution is -0.925. The SMILES string of the molecule is C[N+]1(CC2CC2)CCc2c(sc(CC(=O)Cc3ccc(Cl)cc3)c2C(N)=O)C1. The summed E-state index contributed by atoms with van der Waals surface area (Å²) in [5.74, 6) is 0.561. The van der Waals surface area contributed by atoms with Crippen molar-refractivity contribution >= 4 is 34.6 Å². The topological polar surface area (TPSA) is 60.2 Å². The number of carbonyl (C=O) groups is 2. The molecular formula is C22H26ClN2O2S+. The van der Waals surface area contributed by atoms with Crippen molar-refractivity contribution in [2.75, 3.05) is 20.1 Å². The number of rotatable bonds is 7. The lowest BCUT2D eigenvalue weighted by atomic mass is 9.97. The van der Waals surface area contributed by atoms with E-state index < -0.39 is 5.91 Å².